The van der Waals surface area contributed by atoms with Crippen LogP contribution in [0.25, 0.3) is 11.6 Å². The molecule has 0 atom stereocenters. The van der Waals surface area contributed by atoms with Gasteiger partial charge in [-0.05, 0) is 36.3 Å². The molecular weight excluding hydrogens is 277 g/mol. The van der Waals surface area contributed by atoms with Crippen molar-refractivity contribution < 1.29 is 0 Å². The third-order valence-electron chi connectivity index (χ3n) is 2.74. The van der Waals surface area contributed by atoms with Crippen molar-refractivity contribution >= 4 is 34.9 Å². The molecule has 0 fully saturated rings. The molecular formula is C16H11Cl2N. The van der Waals surface area contributed by atoms with Crippen molar-refractivity contribution in [2.45, 2.75) is 6.92 Å². The molecule has 0 aliphatic rings. The molecule has 0 bridgehead atoms. The number of nitriles is 1. The van der Waals surface area contributed by atoms with Gasteiger partial charge in [0.15, 0.2) is 0 Å². The second-order valence-electron chi connectivity index (χ2n) is 4.21. The first kappa shape index (κ1) is 13.7. The summed E-state index contributed by atoms with van der Waals surface area (Å²) in [5.74, 6) is 0. The number of rotatable bonds is 2. The van der Waals surface area contributed by atoms with Crippen LogP contribution < -0.4 is 0 Å². The predicted octanol–water partition coefficient (Wildman–Crippen LogP) is 5.37. The van der Waals surface area contributed by atoms with E-state index in [9.17, 15) is 5.26 Å². The van der Waals surface area contributed by atoms with Crippen LogP contribution in [0.4, 0.5) is 0 Å². The van der Waals surface area contributed by atoms with Gasteiger partial charge in [-0.25, -0.2) is 0 Å². The van der Waals surface area contributed by atoms with E-state index in [-0.39, 0.29) is 0 Å². The molecule has 0 saturated carbocycles. The van der Waals surface area contributed by atoms with E-state index in [4.69, 9.17) is 23.2 Å². The average Bonchev–Trinajstić information content (AvgIpc) is 2.41. The van der Waals surface area contributed by atoms with Crippen LogP contribution in [0.3, 0.4) is 0 Å². The van der Waals surface area contributed by atoms with Crippen molar-refractivity contribution in [3.05, 3.63) is 69.2 Å². The van der Waals surface area contributed by atoms with Crippen LogP contribution in [0.2, 0.25) is 10.0 Å². The Morgan fingerprint density at radius 2 is 1.74 bits per heavy atom. The predicted molar refractivity (Wildman–Crippen MR) is 81.1 cm³/mol. The molecule has 19 heavy (non-hydrogen) atoms. The first-order valence-electron chi connectivity index (χ1n) is 5.74. The molecule has 0 radical (unpaired) electrons. The number of hydrogen-bond donors (Lipinski definition) is 0. The Labute approximate surface area is 122 Å². The van der Waals surface area contributed by atoms with E-state index in [1.165, 1.54) is 0 Å². The molecule has 0 unspecified atom stereocenters. The fraction of sp³-hybridized carbons (Fsp3) is 0.0625. The highest BCUT2D eigenvalue weighted by Gasteiger charge is 2.02. The van der Waals surface area contributed by atoms with Crippen molar-refractivity contribution in [3.63, 3.8) is 0 Å². The Morgan fingerprint density at radius 3 is 2.32 bits per heavy atom. The maximum atomic E-state index is 9.26. The van der Waals surface area contributed by atoms with E-state index in [0.29, 0.717) is 15.6 Å². The molecule has 2 aromatic rings. The molecule has 0 amide bonds. The maximum Gasteiger partial charge on any atom is 0.0998 e. The smallest absolute Gasteiger partial charge is 0.0998 e. The molecule has 94 valence electrons. The summed E-state index contributed by atoms with van der Waals surface area (Å²) in [6, 6.07) is 15.3. The summed E-state index contributed by atoms with van der Waals surface area (Å²) in [6.07, 6.45) is 1.80. The lowest BCUT2D eigenvalue weighted by atomic mass is 10.0. The summed E-state index contributed by atoms with van der Waals surface area (Å²) in [5.41, 5.74) is 3.50. The topological polar surface area (TPSA) is 23.8 Å². The highest BCUT2D eigenvalue weighted by Crippen LogP contribution is 2.25. The van der Waals surface area contributed by atoms with Crippen molar-refractivity contribution in [2.24, 2.45) is 0 Å². The van der Waals surface area contributed by atoms with E-state index in [2.05, 4.69) is 6.07 Å². The van der Waals surface area contributed by atoms with Crippen LogP contribution in [-0.2, 0) is 0 Å². The quantitative estimate of drug-likeness (QED) is 0.538. The van der Waals surface area contributed by atoms with Gasteiger partial charge in [0, 0.05) is 0 Å². The van der Waals surface area contributed by atoms with Gasteiger partial charge in [0.1, 0.15) is 0 Å². The highest BCUT2D eigenvalue weighted by atomic mass is 35.5. The van der Waals surface area contributed by atoms with Crippen LogP contribution in [-0.4, -0.2) is 0 Å². The van der Waals surface area contributed by atoms with Crippen LogP contribution in [0.1, 0.15) is 16.7 Å². The summed E-state index contributed by atoms with van der Waals surface area (Å²) in [4.78, 5) is 0. The maximum absolute atomic E-state index is 9.26. The zero-order chi connectivity index (χ0) is 13.8. The lowest BCUT2D eigenvalue weighted by Gasteiger charge is -2.02. The normalized spacial score (nSPS) is 11.2. The Balaban J connectivity index is 2.41. The fourth-order valence-corrected chi connectivity index (χ4v) is 1.99. The number of hydrogen-bond acceptors (Lipinski definition) is 1. The molecule has 1 nitrogen and oxygen atoms in total. The lowest BCUT2D eigenvalue weighted by Crippen LogP contribution is -1.83. The van der Waals surface area contributed by atoms with Gasteiger partial charge in [0.25, 0.3) is 0 Å². The molecule has 0 spiro atoms. The molecule has 2 rings (SSSR count). The van der Waals surface area contributed by atoms with Crippen LogP contribution in [0.5, 0.6) is 0 Å². The molecule has 0 saturated heterocycles. The number of nitrogens with zero attached hydrogens (tertiary/aromatic N) is 1. The van der Waals surface area contributed by atoms with Gasteiger partial charge < -0.3 is 0 Å². The molecule has 0 aliphatic heterocycles. The second kappa shape index (κ2) is 5.93. The van der Waals surface area contributed by atoms with E-state index in [0.717, 1.165) is 16.7 Å². The first-order chi connectivity index (χ1) is 9.10. The first-order valence-corrected chi connectivity index (χ1v) is 6.49. The van der Waals surface area contributed by atoms with Gasteiger partial charge in [-0.3, -0.25) is 0 Å². The monoisotopic (exact) mass is 287 g/mol. The Bertz CT molecular complexity index is 664. The van der Waals surface area contributed by atoms with Crippen molar-refractivity contribution in [3.8, 4) is 6.07 Å². The minimum Gasteiger partial charge on any atom is -0.192 e. The second-order valence-corrected chi connectivity index (χ2v) is 5.02. The van der Waals surface area contributed by atoms with Gasteiger partial charge in [0.05, 0.1) is 21.7 Å². The molecule has 0 aromatic heterocycles. The molecule has 0 heterocycles. The van der Waals surface area contributed by atoms with Gasteiger partial charge >= 0.3 is 0 Å². The van der Waals surface area contributed by atoms with Gasteiger partial charge in [-0.2, -0.15) is 5.26 Å². The van der Waals surface area contributed by atoms with Crippen LogP contribution >= 0.6 is 23.2 Å². The zero-order valence-corrected chi connectivity index (χ0v) is 11.8. The van der Waals surface area contributed by atoms with E-state index < -0.39 is 0 Å². The molecule has 3 heteroatoms. The number of aryl methyl sites for hydroxylation is 1. The summed E-state index contributed by atoms with van der Waals surface area (Å²) >= 11 is 11.8. The fourth-order valence-electron chi connectivity index (χ4n) is 1.68. The van der Waals surface area contributed by atoms with Gasteiger partial charge in [-0.15, -0.1) is 0 Å². The molecule has 2 aromatic carbocycles. The Hall–Kier alpha value is -1.75. The van der Waals surface area contributed by atoms with E-state index >= 15 is 0 Å². The summed E-state index contributed by atoms with van der Waals surface area (Å²) in [5, 5.41) is 10.2. The van der Waals surface area contributed by atoms with Crippen molar-refractivity contribution in [1.82, 2.24) is 0 Å². The Kier molecular flexibility index (Phi) is 4.27. The summed E-state index contributed by atoms with van der Waals surface area (Å²) < 4.78 is 0. The third-order valence-corrected chi connectivity index (χ3v) is 3.48. The van der Waals surface area contributed by atoms with Crippen molar-refractivity contribution in [2.75, 3.05) is 0 Å². The number of allylic oxidation sites excluding steroid dienone is 1. The van der Waals surface area contributed by atoms with Crippen molar-refractivity contribution in [1.29, 1.82) is 5.26 Å². The minimum absolute atomic E-state index is 0.483. The average molecular weight is 288 g/mol. The number of halogens is 2. The van der Waals surface area contributed by atoms with E-state index in [1.807, 2.05) is 37.3 Å². The molecule has 0 aliphatic carbocycles. The minimum atomic E-state index is 0.483. The summed E-state index contributed by atoms with van der Waals surface area (Å²) in [6.45, 7) is 2.01. The highest BCUT2D eigenvalue weighted by molar-refractivity contribution is 6.42. The van der Waals surface area contributed by atoms with Gasteiger partial charge in [0.2, 0.25) is 0 Å². The van der Waals surface area contributed by atoms with Crippen LogP contribution in [0, 0.1) is 18.3 Å². The summed E-state index contributed by atoms with van der Waals surface area (Å²) in [7, 11) is 0. The van der Waals surface area contributed by atoms with Crippen LogP contribution in [0.15, 0.2) is 42.5 Å². The standard InChI is InChI=1S/C16H11Cl2N/c1-11-2-5-13(6-3-11)14(10-19)8-12-4-7-15(17)16(18)9-12/h2-9H,1H3/b14-8+. The van der Waals surface area contributed by atoms with E-state index in [1.54, 1.807) is 18.2 Å². The Morgan fingerprint density at radius 1 is 1.05 bits per heavy atom. The largest absolute Gasteiger partial charge is 0.192 e. The lowest BCUT2D eigenvalue weighted by molar-refractivity contribution is 1.45. The number of benzene rings is 2. The third kappa shape index (κ3) is 3.38. The zero-order valence-electron chi connectivity index (χ0n) is 10.3. The van der Waals surface area contributed by atoms with Gasteiger partial charge in [-0.1, -0.05) is 59.1 Å². The molecule has 0 N–H and O–H groups in total. The SMILES string of the molecule is Cc1ccc(/C(C#N)=C/c2ccc(Cl)c(Cl)c2)cc1.